The normalized spacial score (nSPS) is 18.9. The van der Waals surface area contributed by atoms with Gasteiger partial charge in [0.1, 0.15) is 0 Å². The number of nitrogens with zero attached hydrogens (tertiary/aromatic N) is 1. The number of guanidine groups is 1. The summed E-state index contributed by atoms with van der Waals surface area (Å²) < 4.78 is 11.3. The van der Waals surface area contributed by atoms with Crippen LogP contribution in [0.25, 0.3) is 0 Å². The minimum atomic E-state index is 0. The number of halogens is 1. The van der Waals surface area contributed by atoms with Gasteiger partial charge in [0.05, 0.1) is 19.3 Å². The SMILES string of the molecule is CCNC(=NCc1cccc(NC(=O)C2CCCC2)c1)NCCCOCC1CCCO1.I. The Morgan fingerprint density at radius 2 is 2.03 bits per heavy atom. The highest BCUT2D eigenvalue weighted by atomic mass is 127. The number of aliphatic imine (C=N–C) groups is 1. The van der Waals surface area contributed by atoms with Crippen LogP contribution in [0.5, 0.6) is 0 Å². The number of hydrogen-bond acceptors (Lipinski definition) is 4. The van der Waals surface area contributed by atoms with Crippen molar-refractivity contribution >= 4 is 41.5 Å². The molecule has 0 radical (unpaired) electrons. The van der Waals surface area contributed by atoms with Gasteiger partial charge >= 0.3 is 0 Å². The van der Waals surface area contributed by atoms with Crippen molar-refractivity contribution < 1.29 is 14.3 Å². The Morgan fingerprint density at radius 1 is 1.19 bits per heavy atom. The average Bonchev–Trinajstić information content (AvgIpc) is 3.49. The highest BCUT2D eigenvalue weighted by molar-refractivity contribution is 14.0. The zero-order valence-corrected chi connectivity index (χ0v) is 21.6. The summed E-state index contributed by atoms with van der Waals surface area (Å²) in [5.41, 5.74) is 1.92. The Morgan fingerprint density at radius 3 is 2.78 bits per heavy atom. The van der Waals surface area contributed by atoms with Gasteiger partial charge in [0.25, 0.3) is 0 Å². The molecule has 2 aliphatic rings. The van der Waals surface area contributed by atoms with E-state index in [1.54, 1.807) is 0 Å². The Balaban J connectivity index is 0.00000363. The van der Waals surface area contributed by atoms with Gasteiger partial charge in [-0.3, -0.25) is 4.79 Å². The molecule has 1 amide bonds. The summed E-state index contributed by atoms with van der Waals surface area (Å²) in [5.74, 6) is 1.11. The summed E-state index contributed by atoms with van der Waals surface area (Å²) in [5, 5.41) is 9.71. The molecule has 3 rings (SSSR count). The number of nitrogens with one attached hydrogen (secondary N) is 3. The fourth-order valence-corrected chi connectivity index (χ4v) is 4.06. The minimum Gasteiger partial charge on any atom is -0.379 e. The third-order valence-electron chi connectivity index (χ3n) is 5.77. The maximum absolute atomic E-state index is 12.4. The summed E-state index contributed by atoms with van der Waals surface area (Å²) in [6.45, 7) is 6.50. The molecule has 3 N–H and O–H groups in total. The quantitative estimate of drug-likeness (QED) is 0.165. The van der Waals surface area contributed by atoms with E-state index in [9.17, 15) is 4.79 Å². The van der Waals surface area contributed by atoms with Gasteiger partial charge in [-0.1, -0.05) is 25.0 Å². The van der Waals surface area contributed by atoms with Crippen molar-refractivity contribution in [1.29, 1.82) is 0 Å². The fraction of sp³-hybridized carbons (Fsp3) is 0.667. The van der Waals surface area contributed by atoms with Crippen LogP contribution in [-0.4, -0.2) is 50.9 Å². The topological polar surface area (TPSA) is 84.0 Å². The van der Waals surface area contributed by atoms with Crippen LogP contribution in [0.2, 0.25) is 0 Å². The molecule has 0 aromatic heterocycles. The number of amides is 1. The van der Waals surface area contributed by atoms with Crippen LogP contribution in [0.3, 0.4) is 0 Å². The van der Waals surface area contributed by atoms with Crippen LogP contribution in [0.4, 0.5) is 5.69 Å². The van der Waals surface area contributed by atoms with E-state index >= 15 is 0 Å². The smallest absolute Gasteiger partial charge is 0.227 e. The van der Waals surface area contributed by atoms with E-state index in [0.717, 1.165) is 88.5 Å². The Labute approximate surface area is 209 Å². The van der Waals surface area contributed by atoms with Gasteiger partial charge in [-0.2, -0.15) is 0 Å². The lowest BCUT2D eigenvalue weighted by molar-refractivity contribution is -0.119. The molecule has 1 aromatic carbocycles. The van der Waals surface area contributed by atoms with E-state index in [4.69, 9.17) is 9.47 Å². The van der Waals surface area contributed by atoms with Crippen LogP contribution >= 0.6 is 24.0 Å². The molecular weight excluding hydrogens is 519 g/mol. The average molecular weight is 559 g/mol. The van der Waals surface area contributed by atoms with Crippen LogP contribution in [-0.2, 0) is 20.8 Å². The van der Waals surface area contributed by atoms with Gasteiger partial charge in [0, 0.05) is 37.9 Å². The zero-order chi connectivity index (χ0) is 21.7. The van der Waals surface area contributed by atoms with Crippen molar-refractivity contribution in [2.24, 2.45) is 10.9 Å². The van der Waals surface area contributed by atoms with E-state index in [-0.39, 0.29) is 41.9 Å². The van der Waals surface area contributed by atoms with Gasteiger partial charge < -0.3 is 25.4 Å². The molecule has 7 nitrogen and oxygen atoms in total. The second-order valence-electron chi connectivity index (χ2n) is 8.36. The minimum absolute atomic E-state index is 0. The third kappa shape index (κ3) is 9.62. The molecule has 0 bridgehead atoms. The van der Waals surface area contributed by atoms with Crippen molar-refractivity contribution in [1.82, 2.24) is 10.6 Å². The van der Waals surface area contributed by atoms with Crippen LogP contribution < -0.4 is 16.0 Å². The third-order valence-corrected chi connectivity index (χ3v) is 5.77. The Hall–Kier alpha value is -1.39. The zero-order valence-electron chi connectivity index (χ0n) is 19.2. The number of ether oxygens (including phenoxy) is 2. The predicted molar refractivity (Wildman–Crippen MR) is 140 cm³/mol. The van der Waals surface area contributed by atoms with Crippen molar-refractivity contribution in [2.45, 2.75) is 64.5 Å². The molecule has 180 valence electrons. The van der Waals surface area contributed by atoms with Crippen molar-refractivity contribution in [3.8, 4) is 0 Å². The number of hydrogen-bond donors (Lipinski definition) is 3. The van der Waals surface area contributed by atoms with E-state index in [2.05, 4.69) is 27.9 Å². The molecule has 1 heterocycles. The van der Waals surface area contributed by atoms with Crippen molar-refractivity contribution in [3.05, 3.63) is 29.8 Å². The summed E-state index contributed by atoms with van der Waals surface area (Å²) in [7, 11) is 0. The van der Waals surface area contributed by atoms with Gasteiger partial charge in [0.2, 0.25) is 5.91 Å². The number of rotatable bonds is 11. The second-order valence-corrected chi connectivity index (χ2v) is 8.36. The monoisotopic (exact) mass is 558 g/mol. The van der Waals surface area contributed by atoms with E-state index in [1.807, 2.05) is 24.3 Å². The molecule has 1 saturated heterocycles. The van der Waals surface area contributed by atoms with E-state index in [0.29, 0.717) is 13.2 Å². The Bertz CT molecular complexity index is 704. The molecule has 32 heavy (non-hydrogen) atoms. The molecule has 1 saturated carbocycles. The molecule has 1 aliphatic heterocycles. The molecule has 1 unspecified atom stereocenters. The maximum atomic E-state index is 12.4. The maximum Gasteiger partial charge on any atom is 0.227 e. The van der Waals surface area contributed by atoms with Gasteiger partial charge in [-0.25, -0.2) is 4.99 Å². The molecule has 2 fully saturated rings. The lowest BCUT2D eigenvalue weighted by Gasteiger charge is -2.13. The van der Waals surface area contributed by atoms with Gasteiger partial charge in [-0.05, 0) is 56.7 Å². The lowest BCUT2D eigenvalue weighted by atomic mass is 10.1. The Kier molecular flexibility index (Phi) is 13.0. The molecular formula is C24H39IN4O3. The highest BCUT2D eigenvalue weighted by Crippen LogP contribution is 2.26. The van der Waals surface area contributed by atoms with E-state index in [1.165, 1.54) is 0 Å². The largest absolute Gasteiger partial charge is 0.379 e. The summed E-state index contributed by atoms with van der Waals surface area (Å²) >= 11 is 0. The molecule has 0 spiro atoms. The number of carbonyl (C=O) groups is 1. The van der Waals surface area contributed by atoms with Crippen LogP contribution in [0, 0.1) is 5.92 Å². The van der Waals surface area contributed by atoms with Crippen molar-refractivity contribution in [2.75, 3.05) is 38.2 Å². The number of benzene rings is 1. The summed E-state index contributed by atoms with van der Waals surface area (Å²) in [6, 6.07) is 7.97. The number of anilines is 1. The first-order valence-electron chi connectivity index (χ1n) is 11.9. The van der Waals surface area contributed by atoms with E-state index < -0.39 is 0 Å². The lowest BCUT2D eigenvalue weighted by Crippen LogP contribution is -2.38. The molecule has 1 aliphatic carbocycles. The van der Waals surface area contributed by atoms with Gasteiger partial charge in [0.15, 0.2) is 5.96 Å². The fourth-order valence-electron chi connectivity index (χ4n) is 4.06. The first-order valence-corrected chi connectivity index (χ1v) is 11.9. The molecule has 8 heteroatoms. The molecule has 1 aromatic rings. The molecule has 1 atom stereocenters. The highest BCUT2D eigenvalue weighted by Gasteiger charge is 2.22. The van der Waals surface area contributed by atoms with Crippen LogP contribution in [0.15, 0.2) is 29.3 Å². The van der Waals surface area contributed by atoms with Crippen molar-refractivity contribution in [3.63, 3.8) is 0 Å². The predicted octanol–water partition coefficient (Wildman–Crippen LogP) is 4.07. The van der Waals surface area contributed by atoms with Crippen LogP contribution in [0.1, 0.15) is 57.4 Å². The first-order chi connectivity index (χ1) is 15.2. The standard InChI is InChI=1S/C24H38N4O3.HI/c1-2-25-24(26-13-7-14-30-18-22-12-6-15-31-22)27-17-19-8-5-11-21(16-19)28-23(29)20-9-3-4-10-20;/h5,8,11,16,20,22H,2-4,6-7,9-10,12-15,17-18H2,1H3,(H,28,29)(H2,25,26,27);1H. The number of carbonyl (C=O) groups excluding carboxylic acids is 1. The van der Waals surface area contributed by atoms with Gasteiger partial charge in [-0.15, -0.1) is 24.0 Å². The summed E-state index contributed by atoms with van der Waals surface area (Å²) in [6.07, 6.45) is 7.79. The summed E-state index contributed by atoms with van der Waals surface area (Å²) in [4.78, 5) is 17.1. The second kappa shape index (κ2) is 15.4. The first kappa shape index (κ1) is 26.9.